The third kappa shape index (κ3) is 4.50. The fraction of sp³-hybridized carbons (Fsp3) is 0.400. The Morgan fingerprint density at radius 2 is 1.90 bits per heavy atom. The zero-order valence-electron chi connectivity index (χ0n) is 16.4. The number of carbonyl (C=O) groups is 2. The monoisotopic (exact) mass is 453 g/mol. The van der Waals surface area contributed by atoms with E-state index in [1.165, 1.54) is 11.3 Å². The summed E-state index contributed by atoms with van der Waals surface area (Å²) in [7, 11) is -3.57. The van der Waals surface area contributed by atoms with Crippen molar-refractivity contribution in [1.29, 1.82) is 0 Å². The Morgan fingerprint density at radius 3 is 2.53 bits per heavy atom. The molecule has 10 heteroatoms. The molecule has 1 aliphatic heterocycles. The lowest BCUT2D eigenvalue weighted by atomic mass is 9.94. The number of hydroxylamine groups is 1. The van der Waals surface area contributed by atoms with Gasteiger partial charge in [-0.15, -0.1) is 11.3 Å². The summed E-state index contributed by atoms with van der Waals surface area (Å²) < 4.78 is 34.4. The highest BCUT2D eigenvalue weighted by atomic mass is 32.2. The molecule has 2 N–H and O–H groups in total. The topological polar surface area (TPSA) is 119 Å². The van der Waals surface area contributed by atoms with Crippen LogP contribution in [0.1, 0.15) is 37.5 Å². The first-order valence-corrected chi connectivity index (χ1v) is 12.0. The molecule has 162 valence electrons. The fourth-order valence-corrected chi connectivity index (χ4v) is 7.37. The number of thiophene rings is 1. The molecule has 1 fully saturated rings. The molecular weight excluding hydrogens is 430 g/mol. The van der Waals surface area contributed by atoms with E-state index in [2.05, 4.69) is 0 Å². The van der Waals surface area contributed by atoms with Crippen molar-refractivity contribution < 1.29 is 32.7 Å². The molecule has 2 heterocycles. The summed E-state index contributed by atoms with van der Waals surface area (Å²) in [5.74, 6) is -0.380. The van der Waals surface area contributed by atoms with Gasteiger partial charge < -0.3 is 9.47 Å². The lowest BCUT2D eigenvalue weighted by Gasteiger charge is -2.35. The van der Waals surface area contributed by atoms with Crippen LogP contribution in [0.25, 0.3) is 10.4 Å². The van der Waals surface area contributed by atoms with Gasteiger partial charge in [-0.1, -0.05) is 6.42 Å². The molecular formula is C20H23NO7S2. The Hall–Kier alpha value is -2.43. The Bertz CT molecular complexity index is 1010. The predicted octanol–water partition coefficient (Wildman–Crippen LogP) is 3.64. The van der Waals surface area contributed by atoms with E-state index in [1.807, 2.05) is 6.07 Å². The zero-order valence-corrected chi connectivity index (χ0v) is 18.1. The van der Waals surface area contributed by atoms with Crippen LogP contribution in [-0.2, 0) is 24.1 Å². The number of amides is 1. The van der Waals surface area contributed by atoms with Gasteiger partial charge in [0.1, 0.15) is 10.5 Å². The van der Waals surface area contributed by atoms with Crippen LogP contribution in [0.4, 0.5) is 4.79 Å². The smallest absolute Gasteiger partial charge is 0.434 e. The molecule has 3 rings (SSSR count). The maximum atomic E-state index is 13.0. The summed E-state index contributed by atoms with van der Waals surface area (Å²) in [6, 6.07) is 10.3. The standard InChI is InChI=1S/C20H23NO7S2/c1-2-27-19(23)28-15-7-5-14(6-8-15)16-9-10-17(29-16)20(13-18(22)21-24)11-3-4-12-30(20,25)26/h5-10,24H,2-4,11-13H2,1H3,(H,21,22)/t20-/m0/s1. The first-order valence-electron chi connectivity index (χ1n) is 9.52. The van der Waals surface area contributed by atoms with Gasteiger partial charge in [0.05, 0.1) is 18.8 Å². The average Bonchev–Trinajstić information content (AvgIpc) is 3.21. The number of sulfone groups is 1. The van der Waals surface area contributed by atoms with Gasteiger partial charge in [-0.25, -0.2) is 18.7 Å². The molecule has 0 bridgehead atoms. The summed E-state index contributed by atoms with van der Waals surface area (Å²) in [5, 5.41) is 8.97. The Labute approximate surface area is 178 Å². The van der Waals surface area contributed by atoms with Gasteiger partial charge in [0.15, 0.2) is 9.84 Å². The number of nitrogens with one attached hydrogen (secondary N) is 1. The van der Waals surface area contributed by atoms with Gasteiger partial charge in [0, 0.05) is 9.75 Å². The molecule has 1 aromatic heterocycles. The van der Waals surface area contributed by atoms with Crippen molar-refractivity contribution >= 4 is 33.2 Å². The van der Waals surface area contributed by atoms with E-state index >= 15 is 0 Å². The number of benzene rings is 1. The van der Waals surface area contributed by atoms with E-state index < -0.39 is 26.6 Å². The van der Waals surface area contributed by atoms with Crippen molar-refractivity contribution in [2.45, 2.75) is 37.4 Å². The predicted molar refractivity (Wildman–Crippen MR) is 111 cm³/mol. The summed E-state index contributed by atoms with van der Waals surface area (Å²) in [6.07, 6.45) is 0.471. The van der Waals surface area contributed by atoms with Crippen LogP contribution < -0.4 is 10.2 Å². The maximum Gasteiger partial charge on any atom is 0.513 e. The largest absolute Gasteiger partial charge is 0.513 e. The zero-order chi connectivity index (χ0) is 21.8. The third-order valence-corrected chi connectivity index (χ3v) is 9.12. The highest BCUT2D eigenvalue weighted by molar-refractivity contribution is 7.92. The number of hydrogen-bond donors (Lipinski definition) is 2. The molecule has 30 heavy (non-hydrogen) atoms. The molecule has 1 aromatic carbocycles. The minimum absolute atomic E-state index is 0.0127. The van der Waals surface area contributed by atoms with Gasteiger partial charge in [-0.05, 0) is 61.7 Å². The number of rotatable bonds is 6. The van der Waals surface area contributed by atoms with E-state index in [0.717, 1.165) is 10.4 Å². The first kappa shape index (κ1) is 22.3. The Balaban J connectivity index is 1.89. The number of ether oxygens (including phenoxy) is 2. The second kappa shape index (κ2) is 9.15. The van der Waals surface area contributed by atoms with E-state index in [-0.39, 0.29) is 18.8 Å². The van der Waals surface area contributed by atoms with Gasteiger partial charge >= 0.3 is 6.16 Å². The average molecular weight is 454 g/mol. The molecule has 0 radical (unpaired) electrons. The van der Waals surface area contributed by atoms with Gasteiger partial charge in [-0.2, -0.15) is 0 Å². The minimum Gasteiger partial charge on any atom is -0.434 e. The second-order valence-electron chi connectivity index (χ2n) is 6.96. The lowest BCUT2D eigenvalue weighted by molar-refractivity contribution is -0.130. The molecule has 0 spiro atoms. The lowest BCUT2D eigenvalue weighted by Crippen LogP contribution is -2.43. The molecule has 2 aromatic rings. The van der Waals surface area contributed by atoms with E-state index in [0.29, 0.717) is 29.9 Å². The molecule has 1 saturated heterocycles. The van der Waals surface area contributed by atoms with Crippen molar-refractivity contribution in [1.82, 2.24) is 5.48 Å². The molecule has 0 aliphatic carbocycles. The summed E-state index contributed by atoms with van der Waals surface area (Å²) >= 11 is 1.30. The quantitative estimate of drug-likeness (QED) is 0.297. The Morgan fingerprint density at radius 1 is 1.17 bits per heavy atom. The molecule has 1 atom stereocenters. The van der Waals surface area contributed by atoms with Crippen LogP contribution in [0.2, 0.25) is 0 Å². The summed E-state index contributed by atoms with van der Waals surface area (Å²) in [4.78, 5) is 24.7. The van der Waals surface area contributed by atoms with Gasteiger partial charge in [0.2, 0.25) is 5.91 Å². The van der Waals surface area contributed by atoms with Crippen molar-refractivity contribution in [2.75, 3.05) is 12.4 Å². The van der Waals surface area contributed by atoms with Crippen molar-refractivity contribution in [2.24, 2.45) is 0 Å². The van der Waals surface area contributed by atoms with E-state index in [9.17, 15) is 18.0 Å². The Kier molecular flexibility index (Phi) is 6.79. The minimum atomic E-state index is -3.57. The third-order valence-electron chi connectivity index (χ3n) is 5.07. The highest BCUT2D eigenvalue weighted by Gasteiger charge is 2.49. The molecule has 1 amide bonds. The van der Waals surface area contributed by atoms with Gasteiger partial charge in [0.25, 0.3) is 0 Å². The van der Waals surface area contributed by atoms with Crippen molar-refractivity contribution in [3.05, 3.63) is 41.3 Å². The number of carbonyl (C=O) groups excluding carboxylic acids is 2. The van der Waals surface area contributed by atoms with Crippen LogP contribution in [-0.4, -0.2) is 38.0 Å². The molecule has 0 saturated carbocycles. The maximum absolute atomic E-state index is 13.0. The first-order chi connectivity index (χ1) is 14.3. The van der Waals surface area contributed by atoms with Crippen LogP contribution in [0, 0.1) is 0 Å². The van der Waals surface area contributed by atoms with E-state index in [1.54, 1.807) is 42.7 Å². The molecule has 8 nitrogen and oxygen atoms in total. The molecule has 0 unspecified atom stereocenters. The molecule has 1 aliphatic rings. The van der Waals surface area contributed by atoms with Crippen LogP contribution in [0.5, 0.6) is 5.75 Å². The van der Waals surface area contributed by atoms with Crippen LogP contribution in [0.3, 0.4) is 0 Å². The number of hydrogen-bond acceptors (Lipinski definition) is 8. The summed E-state index contributed by atoms with van der Waals surface area (Å²) in [6.45, 7) is 1.90. The highest BCUT2D eigenvalue weighted by Crippen LogP contribution is 2.47. The fourth-order valence-electron chi connectivity index (χ4n) is 3.58. The van der Waals surface area contributed by atoms with Crippen molar-refractivity contribution in [3.63, 3.8) is 0 Å². The van der Waals surface area contributed by atoms with Crippen molar-refractivity contribution in [3.8, 4) is 16.2 Å². The normalized spacial score (nSPS) is 20.3. The SMILES string of the molecule is CCOC(=O)Oc1ccc(-c2ccc([C@@]3(CC(=O)NO)CCCCS3(=O)=O)s2)cc1. The van der Waals surface area contributed by atoms with Crippen LogP contribution >= 0.6 is 11.3 Å². The second-order valence-corrected chi connectivity index (χ2v) is 10.5. The van der Waals surface area contributed by atoms with E-state index in [4.69, 9.17) is 14.7 Å². The van der Waals surface area contributed by atoms with Crippen LogP contribution in [0.15, 0.2) is 36.4 Å². The summed E-state index contributed by atoms with van der Waals surface area (Å²) in [5.41, 5.74) is 2.38. The van der Waals surface area contributed by atoms with Gasteiger partial charge in [-0.3, -0.25) is 10.0 Å².